The van der Waals surface area contributed by atoms with E-state index >= 15 is 0 Å². The normalized spacial score (nSPS) is 21.0. The van der Waals surface area contributed by atoms with Crippen molar-refractivity contribution in [2.24, 2.45) is 0 Å². The number of aliphatic carboxylic acids is 1. The highest BCUT2D eigenvalue weighted by molar-refractivity contribution is 6.32. The summed E-state index contributed by atoms with van der Waals surface area (Å²) in [6, 6.07) is 3.93. The molecule has 3 rings (SSSR count). The number of carbonyl (C=O) groups is 2. The van der Waals surface area contributed by atoms with Crippen molar-refractivity contribution in [3.8, 4) is 5.75 Å². The molecular formula is C17H21ClN2O4. The number of hydrogen-bond donors (Lipinski definition) is 2. The molecule has 2 aliphatic rings. The Morgan fingerprint density at radius 3 is 2.62 bits per heavy atom. The zero-order valence-corrected chi connectivity index (χ0v) is 14.1. The number of carboxylic acid groups (broad SMARTS) is 1. The first-order valence-electron chi connectivity index (χ1n) is 8.31. The lowest BCUT2D eigenvalue weighted by Gasteiger charge is -2.22. The van der Waals surface area contributed by atoms with E-state index in [0.717, 1.165) is 12.8 Å². The molecule has 7 heteroatoms. The Kier molecular flexibility index (Phi) is 5.14. The number of hydrogen-bond acceptors (Lipinski definition) is 3. The van der Waals surface area contributed by atoms with Crippen LogP contribution in [-0.4, -0.2) is 40.7 Å². The molecule has 0 bridgehead atoms. The molecule has 0 aromatic heterocycles. The van der Waals surface area contributed by atoms with Gasteiger partial charge in [0.25, 0.3) is 0 Å². The summed E-state index contributed by atoms with van der Waals surface area (Å²) in [5, 5.41) is 12.3. The Morgan fingerprint density at radius 2 is 1.96 bits per heavy atom. The van der Waals surface area contributed by atoms with Gasteiger partial charge in [-0.2, -0.15) is 0 Å². The quantitative estimate of drug-likeness (QED) is 0.865. The van der Waals surface area contributed by atoms with Crippen LogP contribution in [0.1, 0.15) is 38.5 Å². The number of nitrogens with zero attached hydrogens (tertiary/aromatic N) is 1. The van der Waals surface area contributed by atoms with Crippen LogP contribution in [0.5, 0.6) is 5.75 Å². The lowest BCUT2D eigenvalue weighted by atomic mass is 10.2. The fraction of sp³-hybridized carbons (Fsp3) is 0.529. The molecule has 1 saturated heterocycles. The number of carbonyl (C=O) groups excluding carboxylic acids is 1. The van der Waals surface area contributed by atoms with Crippen molar-refractivity contribution in [3.63, 3.8) is 0 Å². The Balaban J connectivity index is 1.63. The first kappa shape index (κ1) is 16.9. The first-order valence-corrected chi connectivity index (χ1v) is 8.69. The standard InChI is InChI=1S/C17H21ClN2O4/c18-13-10-11(7-8-15(13)24-12-4-1-2-5-12)19-17(23)20-9-3-6-14(20)16(21)22/h7-8,10,12,14H,1-6,9H2,(H,19,23)(H,21,22)/t14-/m0/s1. The number of halogens is 1. The second kappa shape index (κ2) is 7.30. The van der Waals surface area contributed by atoms with Crippen LogP contribution in [0.15, 0.2) is 18.2 Å². The topological polar surface area (TPSA) is 78.9 Å². The van der Waals surface area contributed by atoms with Crippen LogP contribution in [0, 0.1) is 0 Å². The Morgan fingerprint density at radius 1 is 1.21 bits per heavy atom. The molecule has 1 aliphatic carbocycles. The highest BCUT2D eigenvalue weighted by atomic mass is 35.5. The fourth-order valence-electron chi connectivity index (χ4n) is 3.32. The van der Waals surface area contributed by atoms with Crippen molar-refractivity contribution in [2.45, 2.75) is 50.7 Å². The number of likely N-dealkylation sites (tertiary alicyclic amines) is 1. The summed E-state index contributed by atoms with van der Waals surface area (Å²) in [5.41, 5.74) is 0.528. The lowest BCUT2D eigenvalue weighted by Crippen LogP contribution is -2.42. The summed E-state index contributed by atoms with van der Waals surface area (Å²) < 4.78 is 5.88. The van der Waals surface area contributed by atoms with Crippen LogP contribution in [0.2, 0.25) is 5.02 Å². The van der Waals surface area contributed by atoms with Gasteiger partial charge in [-0.1, -0.05) is 11.6 Å². The van der Waals surface area contributed by atoms with Crippen molar-refractivity contribution in [3.05, 3.63) is 23.2 Å². The van der Waals surface area contributed by atoms with Gasteiger partial charge in [-0.15, -0.1) is 0 Å². The number of carboxylic acids is 1. The summed E-state index contributed by atoms with van der Waals surface area (Å²) in [4.78, 5) is 24.8. The number of amides is 2. The number of urea groups is 1. The first-order chi connectivity index (χ1) is 11.5. The van der Waals surface area contributed by atoms with E-state index in [1.165, 1.54) is 17.7 Å². The van der Waals surface area contributed by atoms with Gasteiger partial charge in [-0.3, -0.25) is 0 Å². The van der Waals surface area contributed by atoms with E-state index < -0.39 is 18.0 Å². The molecule has 2 amide bonds. The molecule has 0 radical (unpaired) electrons. The number of nitrogens with one attached hydrogen (secondary N) is 1. The summed E-state index contributed by atoms with van der Waals surface area (Å²) in [6.45, 7) is 0.444. The van der Waals surface area contributed by atoms with Crippen LogP contribution in [0.25, 0.3) is 0 Å². The second-order valence-corrected chi connectivity index (χ2v) is 6.70. The van der Waals surface area contributed by atoms with E-state index in [2.05, 4.69) is 5.32 Å². The SMILES string of the molecule is O=C(O)[C@@H]1CCCN1C(=O)Nc1ccc(OC2CCCC2)c(Cl)c1. The third-order valence-electron chi connectivity index (χ3n) is 4.58. The number of benzene rings is 1. The molecule has 1 aromatic rings. The Labute approximate surface area is 145 Å². The lowest BCUT2D eigenvalue weighted by molar-refractivity contribution is -0.141. The molecule has 0 unspecified atom stereocenters. The Bertz CT molecular complexity index is 631. The van der Waals surface area contributed by atoms with Gasteiger partial charge in [-0.05, 0) is 56.7 Å². The summed E-state index contributed by atoms with van der Waals surface area (Å²) in [7, 11) is 0. The summed E-state index contributed by atoms with van der Waals surface area (Å²) >= 11 is 6.25. The van der Waals surface area contributed by atoms with Crippen LogP contribution in [0.4, 0.5) is 10.5 Å². The smallest absolute Gasteiger partial charge is 0.326 e. The van der Waals surface area contributed by atoms with E-state index in [1.807, 2.05) is 0 Å². The van der Waals surface area contributed by atoms with Crippen molar-refractivity contribution >= 4 is 29.3 Å². The van der Waals surface area contributed by atoms with Gasteiger partial charge in [0.1, 0.15) is 11.8 Å². The molecule has 1 atom stereocenters. The molecule has 1 aromatic carbocycles. The van der Waals surface area contributed by atoms with Gasteiger partial charge in [0.2, 0.25) is 0 Å². The largest absolute Gasteiger partial charge is 0.489 e. The van der Waals surface area contributed by atoms with Crippen molar-refractivity contribution in [1.82, 2.24) is 4.90 Å². The molecule has 2 fully saturated rings. The molecule has 24 heavy (non-hydrogen) atoms. The third-order valence-corrected chi connectivity index (χ3v) is 4.87. The monoisotopic (exact) mass is 352 g/mol. The van der Waals surface area contributed by atoms with Crippen LogP contribution in [-0.2, 0) is 4.79 Å². The number of rotatable bonds is 4. The third kappa shape index (κ3) is 3.75. The van der Waals surface area contributed by atoms with Gasteiger partial charge >= 0.3 is 12.0 Å². The average molecular weight is 353 g/mol. The molecule has 6 nitrogen and oxygen atoms in total. The van der Waals surface area contributed by atoms with Gasteiger partial charge < -0.3 is 20.1 Å². The Hall–Kier alpha value is -1.95. The zero-order valence-electron chi connectivity index (χ0n) is 13.3. The zero-order chi connectivity index (χ0) is 17.1. The molecular weight excluding hydrogens is 332 g/mol. The van der Waals surface area contributed by atoms with Crippen LogP contribution >= 0.6 is 11.6 Å². The van der Waals surface area contributed by atoms with E-state index in [4.69, 9.17) is 21.4 Å². The van der Waals surface area contributed by atoms with E-state index in [-0.39, 0.29) is 6.10 Å². The number of ether oxygens (including phenoxy) is 1. The molecule has 0 spiro atoms. The maximum Gasteiger partial charge on any atom is 0.326 e. The highest BCUT2D eigenvalue weighted by Crippen LogP contribution is 2.32. The van der Waals surface area contributed by atoms with Crippen molar-refractivity contribution in [2.75, 3.05) is 11.9 Å². The maximum absolute atomic E-state index is 12.3. The molecule has 1 aliphatic heterocycles. The molecule has 1 saturated carbocycles. The van der Waals surface area contributed by atoms with E-state index in [9.17, 15) is 9.59 Å². The van der Waals surface area contributed by atoms with Gasteiger partial charge in [0.05, 0.1) is 11.1 Å². The van der Waals surface area contributed by atoms with Gasteiger partial charge in [0.15, 0.2) is 0 Å². The minimum Gasteiger partial charge on any atom is -0.489 e. The molecule has 1 heterocycles. The number of anilines is 1. The van der Waals surface area contributed by atoms with E-state index in [0.29, 0.717) is 35.8 Å². The predicted octanol–water partition coefficient (Wildman–Crippen LogP) is 3.74. The minimum absolute atomic E-state index is 0.212. The molecule has 2 N–H and O–H groups in total. The van der Waals surface area contributed by atoms with Gasteiger partial charge in [-0.25, -0.2) is 9.59 Å². The van der Waals surface area contributed by atoms with E-state index in [1.54, 1.807) is 18.2 Å². The fourth-order valence-corrected chi connectivity index (χ4v) is 3.55. The van der Waals surface area contributed by atoms with Crippen molar-refractivity contribution < 1.29 is 19.4 Å². The highest BCUT2D eigenvalue weighted by Gasteiger charge is 2.34. The second-order valence-electron chi connectivity index (χ2n) is 6.29. The van der Waals surface area contributed by atoms with Gasteiger partial charge in [0, 0.05) is 12.2 Å². The molecule has 130 valence electrons. The van der Waals surface area contributed by atoms with Crippen LogP contribution < -0.4 is 10.1 Å². The van der Waals surface area contributed by atoms with Crippen LogP contribution in [0.3, 0.4) is 0 Å². The summed E-state index contributed by atoms with van der Waals surface area (Å²) in [6.07, 6.45) is 5.83. The minimum atomic E-state index is -0.971. The summed E-state index contributed by atoms with van der Waals surface area (Å²) in [5.74, 6) is -0.354. The predicted molar refractivity (Wildman–Crippen MR) is 90.7 cm³/mol. The average Bonchev–Trinajstić information content (AvgIpc) is 3.21. The van der Waals surface area contributed by atoms with Crippen molar-refractivity contribution in [1.29, 1.82) is 0 Å². The maximum atomic E-state index is 12.3.